The van der Waals surface area contributed by atoms with Crippen molar-refractivity contribution in [2.75, 3.05) is 17.2 Å². The van der Waals surface area contributed by atoms with Crippen molar-refractivity contribution in [3.8, 4) is 11.5 Å². The molecule has 0 atom stereocenters. The van der Waals surface area contributed by atoms with Gasteiger partial charge in [-0.2, -0.15) is 0 Å². The lowest BCUT2D eigenvalue weighted by Gasteiger charge is -2.13. The van der Waals surface area contributed by atoms with Crippen LogP contribution in [-0.2, 0) is 4.74 Å². The third-order valence-corrected chi connectivity index (χ3v) is 6.08. The highest BCUT2D eigenvalue weighted by molar-refractivity contribution is 5.97. The number of amidine groups is 1. The van der Waals surface area contributed by atoms with Gasteiger partial charge in [-0.1, -0.05) is 0 Å². The zero-order valence-electron chi connectivity index (χ0n) is 19.0. The minimum atomic E-state index is 0.0265. The highest BCUT2D eigenvalue weighted by Crippen LogP contribution is 2.43. The minimum Gasteiger partial charge on any atom is -0.462 e. The first-order valence-corrected chi connectivity index (χ1v) is 11.3. The number of anilines is 3. The first kappa shape index (κ1) is 20.4. The SMILES string of the molecule is Cc1ccc(Oc2ccc(Nc3ncnc4ccc(NC5=NC6(CC6)CO5)cc34)cc2C)cn1. The highest BCUT2D eigenvalue weighted by atomic mass is 16.5. The maximum absolute atomic E-state index is 5.99. The number of ether oxygens (including phenoxy) is 2. The van der Waals surface area contributed by atoms with Crippen molar-refractivity contribution in [3.63, 3.8) is 0 Å². The monoisotopic (exact) mass is 452 g/mol. The molecule has 2 N–H and O–H groups in total. The normalized spacial score (nSPS) is 15.6. The van der Waals surface area contributed by atoms with E-state index < -0.39 is 0 Å². The van der Waals surface area contributed by atoms with Crippen LogP contribution in [0.4, 0.5) is 17.2 Å². The summed E-state index contributed by atoms with van der Waals surface area (Å²) in [6, 6.07) is 16.3. The van der Waals surface area contributed by atoms with E-state index in [9.17, 15) is 0 Å². The summed E-state index contributed by atoms with van der Waals surface area (Å²) in [6.07, 6.45) is 5.49. The summed E-state index contributed by atoms with van der Waals surface area (Å²) in [5.41, 5.74) is 4.61. The zero-order valence-corrected chi connectivity index (χ0v) is 19.0. The van der Waals surface area contributed by atoms with Crippen LogP contribution in [0.25, 0.3) is 10.9 Å². The van der Waals surface area contributed by atoms with Gasteiger partial charge in [-0.15, -0.1) is 0 Å². The molecule has 4 aromatic rings. The average molecular weight is 453 g/mol. The highest BCUT2D eigenvalue weighted by Gasteiger charge is 2.48. The topological polar surface area (TPSA) is 93.6 Å². The molecule has 0 amide bonds. The van der Waals surface area contributed by atoms with E-state index >= 15 is 0 Å². The van der Waals surface area contributed by atoms with Crippen molar-refractivity contribution in [1.82, 2.24) is 15.0 Å². The van der Waals surface area contributed by atoms with E-state index in [1.807, 2.05) is 62.4 Å². The number of aryl methyl sites for hydroxylation is 2. The second-order valence-electron chi connectivity index (χ2n) is 8.85. The van der Waals surface area contributed by atoms with Crippen molar-refractivity contribution in [2.45, 2.75) is 32.2 Å². The van der Waals surface area contributed by atoms with Gasteiger partial charge in [-0.05, 0) is 80.8 Å². The van der Waals surface area contributed by atoms with Crippen LogP contribution in [0.1, 0.15) is 24.1 Å². The van der Waals surface area contributed by atoms with Crippen molar-refractivity contribution in [3.05, 3.63) is 72.3 Å². The van der Waals surface area contributed by atoms with Crippen LogP contribution in [0.2, 0.25) is 0 Å². The molecule has 0 saturated heterocycles. The summed E-state index contributed by atoms with van der Waals surface area (Å²) in [5, 5.41) is 7.61. The van der Waals surface area contributed by atoms with Gasteiger partial charge in [0.1, 0.15) is 35.8 Å². The number of aromatic nitrogens is 3. The van der Waals surface area contributed by atoms with Crippen molar-refractivity contribution in [2.24, 2.45) is 4.99 Å². The maximum atomic E-state index is 5.99. The van der Waals surface area contributed by atoms with E-state index in [0.29, 0.717) is 18.4 Å². The molecule has 1 fully saturated rings. The summed E-state index contributed by atoms with van der Waals surface area (Å²) >= 11 is 0. The summed E-state index contributed by atoms with van der Waals surface area (Å²) < 4.78 is 11.7. The molecule has 1 saturated carbocycles. The number of benzene rings is 2. The first-order chi connectivity index (χ1) is 16.6. The molecule has 3 heterocycles. The van der Waals surface area contributed by atoms with Gasteiger partial charge in [0.2, 0.25) is 0 Å². The van der Waals surface area contributed by atoms with Crippen LogP contribution in [0.5, 0.6) is 11.5 Å². The number of hydrogen-bond acceptors (Lipinski definition) is 8. The van der Waals surface area contributed by atoms with Crippen molar-refractivity contribution in [1.29, 1.82) is 0 Å². The van der Waals surface area contributed by atoms with Gasteiger partial charge in [-0.25, -0.2) is 15.0 Å². The Bertz CT molecular complexity index is 1410. The first-order valence-electron chi connectivity index (χ1n) is 11.3. The Morgan fingerprint density at radius 1 is 0.912 bits per heavy atom. The molecule has 6 rings (SSSR count). The predicted octanol–water partition coefficient (Wildman–Crippen LogP) is 5.51. The molecule has 8 heteroatoms. The Kier molecular flexibility index (Phi) is 4.79. The van der Waals surface area contributed by atoms with E-state index in [-0.39, 0.29) is 5.54 Å². The fourth-order valence-corrected chi connectivity index (χ4v) is 3.92. The third kappa shape index (κ3) is 4.10. The van der Waals surface area contributed by atoms with Gasteiger partial charge in [-0.3, -0.25) is 4.98 Å². The number of nitrogens with zero attached hydrogens (tertiary/aromatic N) is 4. The molecule has 170 valence electrons. The van der Waals surface area contributed by atoms with E-state index in [1.165, 1.54) is 0 Å². The van der Waals surface area contributed by atoms with Gasteiger partial charge in [0.05, 0.1) is 11.7 Å². The standard InChI is InChI=1S/C26H24N6O2/c1-16-11-18(5-8-23(16)34-20-6-3-17(2)27-13-20)30-24-21-12-19(4-7-22(21)28-15-29-24)31-25-32-26(9-10-26)14-33-25/h3-8,11-13,15H,9-10,14H2,1-2H3,(H,31,32)(H,28,29,30). The number of pyridine rings is 1. The smallest absolute Gasteiger partial charge is 0.289 e. The van der Waals surface area contributed by atoms with Crippen LogP contribution in [0, 0.1) is 13.8 Å². The molecule has 2 aromatic heterocycles. The van der Waals surface area contributed by atoms with Gasteiger partial charge < -0.3 is 20.1 Å². The quantitative estimate of drug-likeness (QED) is 0.412. The maximum Gasteiger partial charge on any atom is 0.289 e. The number of hydrogen-bond donors (Lipinski definition) is 2. The van der Waals surface area contributed by atoms with Gasteiger partial charge >= 0.3 is 0 Å². The average Bonchev–Trinajstić information content (AvgIpc) is 3.48. The Morgan fingerprint density at radius 3 is 2.53 bits per heavy atom. The molecule has 2 aromatic carbocycles. The summed E-state index contributed by atoms with van der Waals surface area (Å²) in [6.45, 7) is 4.63. The Hall–Kier alpha value is -4.20. The molecule has 1 aliphatic heterocycles. The summed E-state index contributed by atoms with van der Waals surface area (Å²) in [4.78, 5) is 17.8. The molecule has 1 aliphatic carbocycles. The lowest BCUT2D eigenvalue weighted by atomic mass is 10.1. The molecular formula is C26H24N6O2. The molecule has 1 spiro atoms. The molecule has 0 radical (unpaired) electrons. The fraction of sp³-hybridized carbons (Fsp3) is 0.231. The lowest BCUT2D eigenvalue weighted by Crippen LogP contribution is -2.11. The largest absolute Gasteiger partial charge is 0.462 e. The van der Waals surface area contributed by atoms with Gasteiger partial charge in [0.25, 0.3) is 6.02 Å². The number of rotatable bonds is 5. The molecule has 34 heavy (non-hydrogen) atoms. The number of aliphatic imine (C=N–C) groups is 1. The molecule has 0 unspecified atom stereocenters. The summed E-state index contributed by atoms with van der Waals surface area (Å²) in [7, 11) is 0. The van der Waals surface area contributed by atoms with Crippen molar-refractivity contribution >= 4 is 34.1 Å². The van der Waals surface area contributed by atoms with E-state index in [1.54, 1.807) is 12.5 Å². The fourth-order valence-electron chi connectivity index (χ4n) is 3.92. The van der Waals surface area contributed by atoms with E-state index in [0.717, 1.165) is 57.9 Å². The predicted molar refractivity (Wildman–Crippen MR) is 132 cm³/mol. The number of fused-ring (bicyclic) bond motifs is 1. The minimum absolute atomic E-state index is 0.0265. The van der Waals surface area contributed by atoms with E-state index in [4.69, 9.17) is 9.47 Å². The van der Waals surface area contributed by atoms with Crippen LogP contribution in [0.15, 0.2) is 66.0 Å². The molecular weight excluding hydrogens is 428 g/mol. The lowest BCUT2D eigenvalue weighted by molar-refractivity contribution is 0.309. The van der Waals surface area contributed by atoms with Crippen LogP contribution < -0.4 is 15.4 Å². The Labute approximate surface area is 197 Å². The Morgan fingerprint density at radius 2 is 1.76 bits per heavy atom. The van der Waals surface area contributed by atoms with Crippen molar-refractivity contribution < 1.29 is 9.47 Å². The number of nitrogens with one attached hydrogen (secondary N) is 2. The van der Waals surface area contributed by atoms with Crippen LogP contribution >= 0.6 is 0 Å². The summed E-state index contributed by atoms with van der Waals surface area (Å²) in [5.74, 6) is 2.21. The van der Waals surface area contributed by atoms with E-state index in [2.05, 4.69) is 30.6 Å². The second kappa shape index (κ2) is 7.98. The molecule has 0 bridgehead atoms. The van der Waals surface area contributed by atoms with Gasteiger partial charge in [0, 0.05) is 22.5 Å². The van der Waals surface area contributed by atoms with Crippen LogP contribution in [-0.4, -0.2) is 33.1 Å². The van der Waals surface area contributed by atoms with Crippen LogP contribution in [0.3, 0.4) is 0 Å². The molecule has 2 aliphatic rings. The second-order valence-corrected chi connectivity index (χ2v) is 8.85. The van der Waals surface area contributed by atoms with Gasteiger partial charge in [0.15, 0.2) is 0 Å². The zero-order chi connectivity index (χ0) is 23.1. The third-order valence-electron chi connectivity index (χ3n) is 6.08. The molecule has 8 nitrogen and oxygen atoms in total. The Balaban J connectivity index is 1.23.